The van der Waals surface area contributed by atoms with Crippen LogP contribution in [0.2, 0.25) is 0 Å². The number of nitrogens with zero attached hydrogens (tertiary/aromatic N) is 1. The second-order valence-corrected chi connectivity index (χ2v) is 6.40. The number of ether oxygens (including phenoxy) is 1. The van der Waals surface area contributed by atoms with E-state index in [4.69, 9.17) is 4.74 Å². The minimum absolute atomic E-state index is 0.489. The highest BCUT2D eigenvalue weighted by Crippen LogP contribution is 2.13. The maximum Gasteiger partial charge on any atom is 0.413 e. The first-order chi connectivity index (χ1) is 10.4. The Bertz CT molecular complexity index is 438. The van der Waals surface area contributed by atoms with Gasteiger partial charge in [-0.05, 0) is 39.3 Å². The van der Waals surface area contributed by atoms with Gasteiger partial charge >= 0.3 is 6.09 Å². The fourth-order valence-corrected chi connectivity index (χ4v) is 1.94. The van der Waals surface area contributed by atoms with Gasteiger partial charge in [0.05, 0.1) is 11.9 Å². The highest BCUT2D eigenvalue weighted by Gasteiger charge is 2.16. The molecule has 0 aliphatic heterocycles. The first-order valence-corrected chi connectivity index (χ1v) is 8.10. The number of anilines is 2. The standard InChI is InChI=1S/C17H29N3O2/c1-5-6-7-8-9-12-18-14-10-11-15(19-13-14)20-16(21)22-17(2,3)4/h10-11,13,18H,5-9,12H2,1-4H3,(H,19,20,21). The number of hydrogen-bond acceptors (Lipinski definition) is 4. The van der Waals surface area contributed by atoms with Gasteiger partial charge in [0.25, 0.3) is 0 Å². The number of amides is 1. The lowest BCUT2D eigenvalue weighted by atomic mass is 10.1. The zero-order valence-electron chi connectivity index (χ0n) is 14.2. The molecule has 1 heterocycles. The molecule has 1 aromatic heterocycles. The third-order valence-corrected chi connectivity index (χ3v) is 3.00. The first kappa shape index (κ1) is 18.3. The largest absolute Gasteiger partial charge is 0.444 e. The van der Waals surface area contributed by atoms with Crippen LogP contribution in [0.4, 0.5) is 16.3 Å². The Kier molecular flexibility index (Phi) is 7.71. The van der Waals surface area contributed by atoms with Gasteiger partial charge < -0.3 is 10.1 Å². The molecule has 5 nitrogen and oxygen atoms in total. The summed E-state index contributed by atoms with van der Waals surface area (Å²) in [6.07, 6.45) is 7.53. The van der Waals surface area contributed by atoms with Crippen LogP contribution < -0.4 is 10.6 Å². The summed E-state index contributed by atoms with van der Waals surface area (Å²) in [6, 6.07) is 3.68. The van der Waals surface area contributed by atoms with E-state index in [-0.39, 0.29) is 0 Å². The van der Waals surface area contributed by atoms with E-state index in [2.05, 4.69) is 22.5 Å². The number of carbonyl (C=O) groups is 1. The number of pyridine rings is 1. The molecule has 0 atom stereocenters. The van der Waals surface area contributed by atoms with E-state index in [0.29, 0.717) is 5.82 Å². The molecular weight excluding hydrogens is 278 g/mol. The van der Waals surface area contributed by atoms with E-state index in [9.17, 15) is 4.79 Å². The zero-order valence-corrected chi connectivity index (χ0v) is 14.2. The normalized spacial score (nSPS) is 11.1. The molecule has 0 bridgehead atoms. The monoisotopic (exact) mass is 307 g/mol. The highest BCUT2D eigenvalue weighted by molar-refractivity contribution is 5.83. The Morgan fingerprint density at radius 3 is 2.50 bits per heavy atom. The quantitative estimate of drug-likeness (QED) is 0.676. The van der Waals surface area contributed by atoms with Crippen LogP contribution in [0.15, 0.2) is 18.3 Å². The molecule has 0 saturated heterocycles. The van der Waals surface area contributed by atoms with Gasteiger partial charge in [0.2, 0.25) is 0 Å². The summed E-state index contributed by atoms with van der Waals surface area (Å²) in [5.74, 6) is 0.489. The minimum Gasteiger partial charge on any atom is -0.444 e. The molecule has 1 rings (SSSR count). The van der Waals surface area contributed by atoms with Crippen molar-refractivity contribution in [2.75, 3.05) is 17.2 Å². The van der Waals surface area contributed by atoms with Crippen molar-refractivity contribution in [3.05, 3.63) is 18.3 Å². The number of nitrogens with one attached hydrogen (secondary N) is 2. The van der Waals surface area contributed by atoms with Crippen molar-refractivity contribution in [1.29, 1.82) is 0 Å². The van der Waals surface area contributed by atoms with Crippen LogP contribution in [0.1, 0.15) is 59.8 Å². The fourth-order valence-electron chi connectivity index (χ4n) is 1.94. The number of hydrogen-bond donors (Lipinski definition) is 2. The summed E-state index contributed by atoms with van der Waals surface area (Å²) >= 11 is 0. The number of rotatable bonds is 8. The molecule has 0 aliphatic carbocycles. The third-order valence-electron chi connectivity index (χ3n) is 3.00. The molecule has 1 aromatic rings. The molecule has 0 fully saturated rings. The summed E-state index contributed by atoms with van der Waals surface area (Å²) < 4.78 is 5.18. The number of aromatic nitrogens is 1. The van der Waals surface area contributed by atoms with E-state index in [0.717, 1.165) is 18.7 Å². The lowest BCUT2D eigenvalue weighted by Gasteiger charge is -2.19. The minimum atomic E-state index is -0.511. The van der Waals surface area contributed by atoms with Gasteiger partial charge in [-0.1, -0.05) is 32.6 Å². The van der Waals surface area contributed by atoms with Crippen molar-refractivity contribution in [3.8, 4) is 0 Å². The van der Waals surface area contributed by atoms with E-state index in [1.165, 1.54) is 25.7 Å². The zero-order chi connectivity index (χ0) is 16.4. The molecule has 0 spiro atoms. The SMILES string of the molecule is CCCCCCCNc1ccc(NC(=O)OC(C)(C)C)nc1. The van der Waals surface area contributed by atoms with Gasteiger partial charge in [0.1, 0.15) is 11.4 Å². The van der Waals surface area contributed by atoms with Crippen molar-refractivity contribution < 1.29 is 9.53 Å². The van der Waals surface area contributed by atoms with Crippen molar-refractivity contribution in [1.82, 2.24) is 4.98 Å². The molecule has 0 saturated carbocycles. The van der Waals surface area contributed by atoms with Gasteiger partial charge in [0, 0.05) is 6.54 Å². The second kappa shape index (κ2) is 9.28. The smallest absolute Gasteiger partial charge is 0.413 e. The van der Waals surface area contributed by atoms with Crippen LogP contribution in [-0.4, -0.2) is 23.2 Å². The summed E-state index contributed by atoms with van der Waals surface area (Å²) in [5, 5.41) is 5.95. The van der Waals surface area contributed by atoms with Crippen molar-refractivity contribution in [2.45, 2.75) is 65.4 Å². The topological polar surface area (TPSA) is 63.2 Å². The van der Waals surface area contributed by atoms with E-state index in [1.807, 2.05) is 26.8 Å². The third kappa shape index (κ3) is 8.49. The molecule has 0 unspecified atom stereocenters. The first-order valence-electron chi connectivity index (χ1n) is 8.10. The van der Waals surface area contributed by atoms with Gasteiger partial charge in [-0.3, -0.25) is 5.32 Å². The molecule has 5 heteroatoms. The molecule has 124 valence electrons. The Labute approximate surface area is 133 Å². The second-order valence-electron chi connectivity index (χ2n) is 6.40. The molecule has 0 aliphatic rings. The Hall–Kier alpha value is -1.78. The summed E-state index contributed by atoms with van der Waals surface area (Å²) in [6.45, 7) is 8.65. The van der Waals surface area contributed by atoms with E-state index in [1.54, 1.807) is 12.3 Å². The maximum atomic E-state index is 11.6. The summed E-state index contributed by atoms with van der Waals surface area (Å²) in [5.41, 5.74) is 0.453. The molecule has 0 aromatic carbocycles. The fraction of sp³-hybridized carbons (Fsp3) is 0.647. The van der Waals surface area contributed by atoms with Crippen LogP contribution in [0.25, 0.3) is 0 Å². The predicted octanol–water partition coefficient (Wildman–Crippen LogP) is 4.81. The number of carbonyl (C=O) groups excluding carboxylic acids is 1. The number of unbranched alkanes of at least 4 members (excludes halogenated alkanes) is 4. The molecule has 2 N–H and O–H groups in total. The van der Waals surface area contributed by atoms with E-state index >= 15 is 0 Å². The lowest BCUT2D eigenvalue weighted by Crippen LogP contribution is -2.27. The van der Waals surface area contributed by atoms with Crippen molar-refractivity contribution >= 4 is 17.6 Å². The van der Waals surface area contributed by atoms with Crippen LogP contribution >= 0.6 is 0 Å². The molecule has 1 amide bonds. The molecular formula is C17H29N3O2. The van der Waals surface area contributed by atoms with Crippen LogP contribution in [-0.2, 0) is 4.74 Å². The molecule has 22 heavy (non-hydrogen) atoms. The maximum absolute atomic E-state index is 11.6. The van der Waals surface area contributed by atoms with Gasteiger partial charge in [0.15, 0.2) is 0 Å². The van der Waals surface area contributed by atoms with Gasteiger partial charge in [-0.2, -0.15) is 0 Å². The Morgan fingerprint density at radius 1 is 1.18 bits per heavy atom. The van der Waals surface area contributed by atoms with Gasteiger partial charge in [-0.25, -0.2) is 9.78 Å². The average Bonchev–Trinajstić information content (AvgIpc) is 2.42. The van der Waals surface area contributed by atoms with Crippen LogP contribution in [0.3, 0.4) is 0 Å². The van der Waals surface area contributed by atoms with E-state index < -0.39 is 11.7 Å². The summed E-state index contributed by atoms with van der Waals surface area (Å²) in [4.78, 5) is 15.8. The Morgan fingerprint density at radius 2 is 1.91 bits per heavy atom. The summed E-state index contributed by atoms with van der Waals surface area (Å²) in [7, 11) is 0. The lowest BCUT2D eigenvalue weighted by molar-refractivity contribution is 0.0635. The van der Waals surface area contributed by atoms with Gasteiger partial charge in [-0.15, -0.1) is 0 Å². The van der Waals surface area contributed by atoms with Crippen LogP contribution in [0.5, 0.6) is 0 Å². The Balaban J connectivity index is 2.29. The highest BCUT2D eigenvalue weighted by atomic mass is 16.6. The predicted molar refractivity (Wildman–Crippen MR) is 91.3 cm³/mol. The van der Waals surface area contributed by atoms with Crippen molar-refractivity contribution in [2.24, 2.45) is 0 Å². The van der Waals surface area contributed by atoms with Crippen LogP contribution in [0, 0.1) is 0 Å². The average molecular weight is 307 g/mol. The van der Waals surface area contributed by atoms with Crippen molar-refractivity contribution in [3.63, 3.8) is 0 Å². The molecule has 0 radical (unpaired) electrons.